The third-order valence-corrected chi connectivity index (χ3v) is 4.71. The minimum absolute atomic E-state index is 0.0118. The van der Waals surface area contributed by atoms with Crippen LogP contribution >= 0.6 is 0 Å². The molecule has 4 heteroatoms. The van der Waals surface area contributed by atoms with Crippen molar-refractivity contribution >= 4 is 16.8 Å². The van der Waals surface area contributed by atoms with Gasteiger partial charge in [0.2, 0.25) is 5.91 Å². The summed E-state index contributed by atoms with van der Waals surface area (Å²) < 4.78 is 5.75. The van der Waals surface area contributed by atoms with Gasteiger partial charge in [-0.05, 0) is 68.1 Å². The Morgan fingerprint density at radius 3 is 2.48 bits per heavy atom. The van der Waals surface area contributed by atoms with Crippen molar-refractivity contribution in [3.05, 3.63) is 70.4 Å². The molecule has 1 aromatic heterocycles. The molecule has 3 rings (SSSR count). The van der Waals surface area contributed by atoms with E-state index in [-0.39, 0.29) is 5.91 Å². The summed E-state index contributed by atoms with van der Waals surface area (Å²) in [5.41, 5.74) is 6.35. The number of nitrogens with one attached hydrogen (secondary N) is 1. The molecule has 4 nitrogen and oxygen atoms in total. The fourth-order valence-corrected chi connectivity index (χ4v) is 3.43. The number of benzene rings is 2. The van der Waals surface area contributed by atoms with E-state index >= 15 is 0 Å². The molecule has 0 atom stereocenters. The van der Waals surface area contributed by atoms with Crippen LogP contribution in [0.2, 0.25) is 0 Å². The zero-order valence-corrected chi connectivity index (χ0v) is 16.4. The summed E-state index contributed by atoms with van der Waals surface area (Å²) in [6.07, 6.45) is 0.332. The zero-order valence-electron chi connectivity index (χ0n) is 16.4. The van der Waals surface area contributed by atoms with Crippen molar-refractivity contribution in [2.24, 2.45) is 0 Å². The number of nitrogens with zero attached hydrogens (tertiary/aromatic N) is 1. The van der Waals surface area contributed by atoms with Crippen LogP contribution in [0.4, 0.5) is 0 Å². The van der Waals surface area contributed by atoms with Crippen molar-refractivity contribution in [3.63, 3.8) is 0 Å². The molecule has 0 saturated heterocycles. The maximum atomic E-state index is 12.4. The molecular weight excluding hydrogens is 336 g/mol. The lowest BCUT2D eigenvalue weighted by Gasteiger charge is -2.13. The van der Waals surface area contributed by atoms with E-state index in [9.17, 15) is 4.79 Å². The predicted molar refractivity (Wildman–Crippen MR) is 109 cm³/mol. The number of amides is 1. The fraction of sp³-hybridized carbons (Fsp3) is 0.304. The number of carbonyl (C=O) groups excluding carboxylic acids is 1. The van der Waals surface area contributed by atoms with Gasteiger partial charge in [-0.1, -0.05) is 24.3 Å². The first-order valence-corrected chi connectivity index (χ1v) is 9.26. The second-order valence-electron chi connectivity index (χ2n) is 7.02. The average Bonchev–Trinajstić information content (AvgIpc) is 2.61. The van der Waals surface area contributed by atoms with Gasteiger partial charge >= 0.3 is 0 Å². The minimum Gasteiger partial charge on any atom is -0.492 e. The monoisotopic (exact) mass is 362 g/mol. The van der Waals surface area contributed by atoms with Gasteiger partial charge in [-0.25, -0.2) is 0 Å². The van der Waals surface area contributed by atoms with Crippen LogP contribution in [0.3, 0.4) is 0 Å². The van der Waals surface area contributed by atoms with Crippen molar-refractivity contribution in [1.29, 1.82) is 0 Å². The van der Waals surface area contributed by atoms with Crippen LogP contribution in [-0.2, 0) is 11.2 Å². The normalized spacial score (nSPS) is 10.8. The van der Waals surface area contributed by atoms with Gasteiger partial charge in [-0.2, -0.15) is 0 Å². The number of fused-ring (bicyclic) bond motifs is 1. The Bertz CT molecular complexity index is 959. The highest BCUT2D eigenvalue weighted by atomic mass is 16.5. The summed E-state index contributed by atoms with van der Waals surface area (Å²) >= 11 is 0. The van der Waals surface area contributed by atoms with E-state index < -0.39 is 0 Å². The molecule has 1 N–H and O–H groups in total. The van der Waals surface area contributed by atoms with E-state index in [1.165, 1.54) is 11.1 Å². The molecule has 0 spiro atoms. The van der Waals surface area contributed by atoms with Gasteiger partial charge in [-0.3, -0.25) is 9.78 Å². The summed E-state index contributed by atoms with van der Waals surface area (Å²) in [7, 11) is 0. The van der Waals surface area contributed by atoms with E-state index in [0.717, 1.165) is 33.5 Å². The molecule has 0 aliphatic heterocycles. The number of aryl methyl sites for hydroxylation is 4. The van der Waals surface area contributed by atoms with Crippen LogP contribution in [0.15, 0.2) is 42.5 Å². The molecule has 2 aromatic carbocycles. The van der Waals surface area contributed by atoms with Gasteiger partial charge in [0.1, 0.15) is 12.4 Å². The Labute approximate surface area is 160 Å². The molecular formula is C23H26N2O2. The van der Waals surface area contributed by atoms with Crippen molar-refractivity contribution in [3.8, 4) is 5.75 Å². The molecule has 140 valence electrons. The number of para-hydroxylation sites is 1. The van der Waals surface area contributed by atoms with Crippen LogP contribution in [0, 0.1) is 27.7 Å². The molecule has 0 unspecified atom stereocenters. The summed E-state index contributed by atoms with van der Waals surface area (Å²) in [6, 6.07) is 14.2. The number of pyridine rings is 1. The molecule has 3 aromatic rings. The third-order valence-electron chi connectivity index (χ3n) is 4.71. The van der Waals surface area contributed by atoms with Gasteiger partial charge < -0.3 is 10.1 Å². The molecule has 27 heavy (non-hydrogen) atoms. The Morgan fingerprint density at radius 2 is 1.74 bits per heavy atom. The van der Waals surface area contributed by atoms with E-state index in [1.807, 2.05) is 51.1 Å². The number of aromatic nitrogens is 1. The lowest BCUT2D eigenvalue weighted by Crippen LogP contribution is -2.30. The highest BCUT2D eigenvalue weighted by molar-refractivity contribution is 5.86. The Hall–Kier alpha value is -2.88. The van der Waals surface area contributed by atoms with Crippen LogP contribution < -0.4 is 10.1 Å². The van der Waals surface area contributed by atoms with Gasteiger partial charge in [-0.15, -0.1) is 0 Å². The molecule has 0 saturated carbocycles. The van der Waals surface area contributed by atoms with Crippen LogP contribution in [0.25, 0.3) is 10.9 Å². The molecule has 0 fully saturated rings. The van der Waals surface area contributed by atoms with Gasteiger partial charge in [0.15, 0.2) is 0 Å². The first kappa shape index (κ1) is 18.9. The van der Waals surface area contributed by atoms with Crippen molar-refractivity contribution in [2.75, 3.05) is 13.2 Å². The first-order valence-electron chi connectivity index (χ1n) is 9.26. The van der Waals surface area contributed by atoms with Crippen LogP contribution in [-0.4, -0.2) is 24.0 Å². The van der Waals surface area contributed by atoms with Gasteiger partial charge in [0.05, 0.1) is 18.5 Å². The number of hydrogen-bond acceptors (Lipinski definition) is 3. The second kappa shape index (κ2) is 8.21. The first-order chi connectivity index (χ1) is 12.9. The summed E-state index contributed by atoms with van der Waals surface area (Å²) in [4.78, 5) is 17.0. The maximum Gasteiger partial charge on any atom is 0.224 e. The largest absolute Gasteiger partial charge is 0.492 e. The smallest absolute Gasteiger partial charge is 0.224 e. The predicted octanol–water partition coefficient (Wildman–Crippen LogP) is 4.21. The van der Waals surface area contributed by atoms with E-state index in [1.54, 1.807) is 0 Å². The minimum atomic E-state index is -0.0118. The highest BCUT2D eigenvalue weighted by Gasteiger charge is 2.12. The average molecular weight is 362 g/mol. The lowest BCUT2D eigenvalue weighted by atomic mass is 9.99. The quantitative estimate of drug-likeness (QED) is 0.669. The lowest BCUT2D eigenvalue weighted by molar-refractivity contribution is -0.120. The Kier molecular flexibility index (Phi) is 5.75. The summed E-state index contributed by atoms with van der Waals surface area (Å²) in [5, 5.41) is 4.04. The number of carbonyl (C=O) groups is 1. The van der Waals surface area contributed by atoms with Gasteiger partial charge in [0.25, 0.3) is 0 Å². The van der Waals surface area contributed by atoms with Gasteiger partial charge in [0, 0.05) is 11.1 Å². The van der Waals surface area contributed by atoms with Crippen molar-refractivity contribution in [2.45, 2.75) is 34.1 Å². The standard InChI is InChI=1S/C23H26N2O2/c1-15-11-16(2)13-19(12-15)27-10-9-24-23(26)14-21-17(3)20-7-5-6-8-22(20)25-18(21)4/h5-8,11-13H,9-10,14H2,1-4H3,(H,24,26). The van der Waals surface area contributed by atoms with E-state index in [0.29, 0.717) is 19.6 Å². The van der Waals surface area contributed by atoms with E-state index in [4.69, 9.17) is 4.74 Å². The number of rotatable bonds is 6. The summed E-state index contributed by atoms with van der Waals surface area (Å²) in [5.74, 6) is 0.828. The summed E-state index contributed by atoms with van der Waals surface area (Å²) in [6.45, 7) is 9.04. The SMILES string of the molecule is Cc1cc(C)cc(OCCNC(=O)Cc2c(C)nc3ccccc3c2C)c1. The van der Waals surface area contributed by atoms with Crippen LogP contribution in [0.1, 0.15) is 27.9 Å². The third kappa shape index (κ3) is 4.64. The highest BCUT2D eigenvalue weighted by Crippen LogP contribution is 2.22. The molecule has 0 aliphatic rings. The van der Waals surface area contributed by atoms with E-state index in [2.05, 4.69) is 29.4 Å². The topological polar surface area (TPSA) is 51.2 Å². The molecule has 1 amide bonds. The fourth-order valence-electron chi connectivity index (χ4n) is 3.43. The maximum absolute atomic E-state index is 12.4. The zero-order chi connectivity index (χ0) is 19.4. The van der Waals surface area contributed by atoms with Crippen LogP contribution in [0.5, 0.6) is 5.75 Å². The number of hydrogen-bond donors (Lipinski definition) is 1. The second-order valence-corrected chi connectivity index (χ2v) is 7.02. The Morgan fingerprint density at radius 1 is 1.04 bits per heavy atom. The molecule has 1 heterocycles. The van der Waals surface area contributed by atoms with Crippen molar-refractivity contribution in [1.82, 2.24) is 10.3 Å². The molecule has 0 aliphatic carbocycles. The molecule has 0 bridgehead atoms. The molecule has 0 radical (unpaired) electrons. The number of ether oxygens (including phenoxy) is 1. The Balaban J connectivity index is 1.57. The van der Waals surface area contributed by atoms with Crippen molar-refractivity contribution < 1.29 is 9.53 Å².